The van der Waals surface area contributed by atoms with Gasteiger partial charge in [0.05, 0.1) is 25.5 Å². The van der Waals surface area contributed by atoms with E-state index in [1.165, 1.54) is 0 Å². The van der Waals surface area contributed by atoms with Crippen molar-refractivity contribution >= 4 is 0 Å². The molecule has 3 heterocycles. The van der Waals surface area contributed by atoms with Gasteiger partial charge in [0, 0.05) is 26.2 Å². The number of hydrogen-bond donors (Lipinski definition) is 0. The van der Waals surface area contributed by atoms with Crippen LogP contribution < -0.4 is 0 Å². The number of hydrogen-bond acceptors (Lipinski definition) is 4. The molecule has 2 saturated heterocycles. The highest BCUT2D eigenvalue weighted by atomic mass is 16.7. The van der Waals surface area contributed by atoms with Gasteiger partial charge < -0.3 is 9.47 Å². The zero-order valence-electron chi connectivity index (χ0n) is 10.3. The molecule has 2 aliphatic rings. The van der Waals surface area contributed by atoms with Crippen molar-refractivity contribution in [2.24, 2.45) is 7.05 Å². The first kappa shape index (κ1) is 11.2. The number of aryl methyl sites for hydroxylation is 1. The lowest BCUT2D eigenvalue weighted by Gasteiger charge is -2.38. The molecule has 5 nitrogen and oxygen atoms in total. The van der Waals surface area contributed by atoms with Crippen LogP contribution in [0, 0.1) is 0 Å². The maximum atomic E-state index is 5.77. The van der Waals surface area contributed by atoms with Gasteiger partial charge in [0.25, 0.3) is 0 Å². The molecule has 1 aromatic heterocycles. The average Bonchev–Trinajstić information content (AvgIpc) is 2.89. The summed E-state index contributed by atoms with van der Waals surface area (Å²) < 4.78 is 13.4. The highest BCUT2D eigenvalue weighted by Crippen LogP contribution is 2.30. The van der Waals surface area contributed by atoms with Gasteiger partial charge in [-0.25, -0.2) is 0 Å². The lowest BCUT2D eigenvalue weighted by Crippen LogP contribution is -2.48. The Balaban J connectivity index is 1.64. The van der Waals surface area contributed by atoms with Crippen molar-refractivity contribution in [2.45, 2.75) is 25.2 Å². The molecule has 0 N–H and O–H groups in total. The molecular weight excluding hydrogens is 218 g/mol. The van der Waals surface area contributed by atoms with Crippen molar-refractivity contribution in [2.75, 3.05) is 26.3 Å². The molecule has 2 aliphatic heterocycles. The minimum Gasteiger partial charge on any atom is -0.346 e. The number of rotatable bonds is 2. The quantitative estimate of drug-likeness (QED) is 0.761. The van der Waals surface area contributed by atoms with E-state index in [1.54, 1.807) is 0 Å². The Kier molecular flexibility index (Phi) is 2.90. The van der Waals surface area contributed by atoms with Gasteiger partial charge in [-0.15, -0.1) is 0 Å². The second-order valence-corrected chi connectivity index (χ2v) is 4.90. The van der Waals surface area contributed by atoms with Crippen molar-refractivity contribution in [3.63, 3.8) is 0 Å². The number of aromatic nitrogens is 2. The summed E-state index contributed by atoms with van der Waals surface area (Å²) in [5.41, 5.74) is 1.11. The maximum Gasteiger partial charge on any atom is 0.181 e. The van der Waals surface area contributed by atoms with Gasteiger partial charge >= 0.3 is 0 Å². The van der Waals surface area contributed by atoms with E-state index in [2.05, 4.69) is 16.1 Å². The van der Waals surface area contributed by atoms with Crippen LogP contribution in [0.1, 0.15) is 18.5 Å². The van der Waals surface area contributed by atoms with E-state index in [9.17, 15) is 0 Å². The van der Waals surface area contributed by atoms with E-state index < -0.39 is 0 Å². The molecule has 0 radical (unpaired) electrons. The van der Waals surface area contributed by atoms with E-state index in [0.29, 0.717) is 0 Å². The molecule has 0 bridgehead atoms. The zero-order chi connectivity index (χ0) is 11.7. The van der Waals surface area contributed by atoms with E-state index in [0.717, 1.165) is 51.4 Å². The van der Waals surface area contributed by atoms with Crippen molar-refractivity contribution in [1.82, 2.24) is 14.7 Å². The van der Waals surface area contributed by atoms with Crippen molar-refractivity contribution in [3.05, 3.63) is 18.0 Å². The van der Waals surface area contributed by atoms with Crippen molar-refractivity contribution in [1.29, 1.82) is 0 Å². The first-order chi connectivity index (χ1) is 8.26. The molecule has 5 heteroatoms. The highest BCUT2D eigenvalue weighted by molar-refractivity contribution is 4.99. The Morgan fingerprint density at radius 2 is 2.24 bits per heavy atom. The topological polar surface area (TPSA) is 39.5 Å². The third-order valence-corrected chi connectivity index (χ3v) is 3.46. The largest absolute Gasteiger partial charge is 0.346 e. The van der Waals surface area contributed by atoms with E-state index in [1.807, 2.05) is 17.9 Å². The minimum absolute atomic E-state index is 0.326. The van der Waals surface area contributed by atoms with Crippen LogP contribution in [0.3, 0.4) is 0 Å². The van der Waals surface area contributed by atoms with Gasteiger partial charge in [-0.3, -0.25) is 9.58 Å². The standard InChI is InChI=1S/C12H19N3O2/c1-14-6-3-11(13-14)9-15-5-2-4-12(10-15)16-7-8-17-12/h3,6H,2,4-5,7-10H2,1H3. The average molecular weight is 237 g/mol. The summed E-state index contributed by atoms with van der Waals surface area (Å²) in [6.45, 7) is 4.32. The number of piperidine rings is 1. The van der Waals surface area contributed by atoms with Crippen LogP contribution in [-0.2, 0) is 23.1 Å². The summed E-state index contributed by atoms with van der Waals surface area (Å²) in [7, 11) is 1.95. The van der Waals surface area contributed by atoms with Crippen LogP contribution >= 0.6 is 0 Å². The third kappa shape index (κ3) is 2.36. The van der Waals surface area contributed by atoms with Crippen LogP contribution in [0.25, 0.3) is 0 Å². The molecular formula is C12H19N3O2. The molecule has 17 heavy (non-hydrogen) atoms. The van der Waals surface area contributed by atoms with Crippen LogP contribution in [0.15, 0.2) is 12.3 Å². The Bertz CT molecular complexity index is 385. The first-order valence-electron chi connectivity index (χ1n) is 6.25. The number of nitrogens with zero attached hydrogens (tertiary/aromatic N) is 3. The summed E-state index contributed by atoms with van der Waals surface area (Å²) in [4.78, 5) is 2.37. The summed E-state index contributed by atoms with van der Waals surface area (Å²) >= 11 is 0. The van der Waals surface area contributed by atoms with Crippen LogP contribution in [0.2, 0.25) is 0 Å². The summed E-state index contributed by atoms with van der Waals surface area (Å²) in [5.74, 6) is -0.326. The molecule has 0 atom stereocenters. The fraction of sp³-hybridized carbons (Fsp3) is 0.750. The Morgan fingerprint density at radius 3 is 2.94 bits per heavy atom. The van der Waals surface area contributed by atoms with Gasteiger partial charge in [-0.1, -0.05) is 0 Å². The van der Waals surface area contributed by atoms with Crippen LogP contribution in [0.4, 0.5) is 0 Å². The Morgan fingerprint density at radius 1 is 1.41 bits per heavy atom. The summed E-state index contributed by atoms with van der Waals surface area (Å²) in [5, 5.41) is 4.41. The van der Waals surface area contributed by atoms with E-state index in [-0.39, 0.29) is 5.79 Å². The second kappa shape index (κ2) is 4.40. The molecule has 94 valence electrons. The SMILES string of the molecule is Cn1ccc(CN2CCCC3(C2)OCCO3)n1. The highest BCUT2D eigenvalue weighted by Gasteiger charge is 2.40. The van der Waals surface area contributed by atoms with Crippen LogP contribution in [0.5, 0.6) is 0 Å². The second-order valence-electron chi connectivity index (χ2n) is 4.90. The molecule has 0 aromatic carbocycles. The van der Waals surface area contributed by atoms with Crippen molar-refractivity contribution in [3.8, 4) is 0 Å². The van der Waals surface area contributed by atoms with Gasteiger partial charge in [0.15, 0.2) is 5.79 Å². The lowest BCUT2D eigenvalue weighted by molar-refractivity contribution is -0.190. The van der Waals surface area contributed by atoms with E-state index in [4.69, 9.17) is 9.47 Å². The molecule has 3 rings (SSSR count). The summed E-state index contributed by atoms with van der Waals surface area (Å²) in [6.07, 6.45) is 4.14. The van der Waals surface area contributed by atoms with Crippen molar-refractivity contribution < 1.29 is 9.47 Å². The smallest absolute Gasteiger partial charge is 0.181 e. The number of ether oxygens (including phenoxy) is 2. The van der Waals surface area contributed by atoms with Gasteiger partial charge in [-0.05, 0) is 19.0 Å². The predicted octanol–water partition coefficient (Wildman–Crippen LogP) is 0.759. The molecule has 1 aromatic rings. The predicted molar refractivity (Wildman–Crippen MR) is 62.4 cm³/mol. The lowest BCUT2D eigenvalue weighted by atomic mass is 10.0. The molecule has 0 unspecified atom stereocenters. The molecule has 0 saturated carbocycles. The third-order valence-electron chi connectivity index (χ3n) is 3.46. The van der Waals surface area contributed by atoms with Crippen LogP contribution in [-0.4, -0.2) is 46.8 Å². The fourth-order valence-corrected chi connectivity index (χ4v) is 2.71. The molecule has 0 aliphatic carbocycles. The molecule has 0 amide bonds. The molecule has 1 spiro atoms. The van der Waals surface area contributed by atoms with Gasteiger partial charge in [0.1, 0.15) is 0 Å². The van der Waals surface area contributed by atoms with Gasteiger partial charge in [0.2, 0.25) is 0 Å². The normalized spacial score (nSPS) is 24.5. The first-order valence-corrected chi connectivity index (χ1v) is 6.25. The fourth-order valence-electron chi connectivity index (χ4n) is 2.71. The van der Waals surface area contributed by atoms with Gasteiger partial charge in [-0.2, -0.15) is 5.10 Å². The molecule has 2 fully saturated rings. The Hall–Kier alpha value is -0.910. The Labute approximate surface area is 101 Å². The summed E-state index contributed by atoms with van der Waals surface area (Å²) in [6, 6.07) is 2.07. The monoisotopic (exact) mass is 237 g/mol. The van der Waals surface area contributed by atoms with E-state index >= 15 is 0 Å². The maximum absolute atomic E-state index is 5.77. The zero-order valence-corrected chi connectivity index (χ0v) is 10.3. The minimum atomic E-state index is -0.326. The number of likely N-dealkylation sites (tertiary alicyclic amines) is 1.